The van der Waals surface area contributed by atoms with Gasteiger partial charge in [0, 0.05) is 24.8 Å². The molecule has 160 valence electrons. The zero-order valence-corrected chi connectivity index (χ0v) is 18.7. The van der Waals surface area contributed by atoms with Crippen molar-refractivity contribution in [2.45, 2.75) is 50.7 Å². The summed E-state index contributed by atoms with van der Waals surface area (Å²) in [7, 11) is 0.231. The van der Waals surface area contributed by atoms with Crippen LogP contribution in [-0.4, -0.2) is 55.3 Å². The molecule has 29 heavy (non-hydrogen) atoms. The fourth-order valence-electron chi connectivity index (χ4n) is 3.42. The van der Waals surface area contributed by atoms with Gasteiger partial charge in [0.25, 0.3) is 0 Å². The van der Waals surface area contributed by atoms with Crippen LogP contribution in [0, 0.1) is 5.82 Å². The Labute approximate surface area is 173 Å². The maximum atomic E-state index is 13.6. The first-order chi connectivity index (χ1) is 13.5. The third-order valence-electron chi connectivity index (χ3n) is 4.66. The number of hydrogen-bond acceptors (Lipinski definition) is 5. The van der Waals surface area contributed by atoms with Crippen molar-refractivity contribution in [2.75, 3.05) is 26.0 Å². The predicted molar refractivity (Wildman–Crippen MR) is 115 cm³/mol. The first-order valence-electron chi connectivity index (χ1n) is 9.69. The van der Waals surface area contributed by atoms with Gasteiger partial charge in [-0.1, -0.05) is 12.1 Å². The Kier molecular flexibility index (Phi) is 7.73. The fraction of sp³-hybridized carbons (Fsp3) is 0.476. The Morgan fingerprint density at radius 2 is 1.72 bits per heavy atom. The summed E-state index contributed by atoms with van der Waals surface area (Å²) >= 11 is 0. The molecule has 0 amide bonds. The second-order valence-electron chi connectivity index (χ2n) is 7.82. The minimum Gasteiger partial charge on any atom is -0.368 e. The minimum atomic E-state index is -3.62. The van der Waals surface area contributed by atoms with Crippen LogP contribution in [0.1, 0.15) is 39.3 Å². The monoisotopic (exact) mass is 422 g/mol. The number of aromatic nitrogens is 1. The average Bonchev–Trinajstić information content (AvgIpc) is 2.61. The molecule has 0 saturated heterocycles. The van der Waals surface area contributed by atoms with E-state index in [0.717, 1.165) is 5.56 Å². The van der Waals surface area contributed by atoms with Crippen LogP contribution in [0.2, 0.25) is 0 Å². The van der Waals surface area contributed by atoms with Gasteiger partial charge in [-0.2, -0.15) is 4.31 Å². The highest BCUT2D eigenvalue weighted by atomic mass is 32.2. The molecule has 0 aliphatic carbocycles. The van der Waals surface area contributed by atoms with Crippen molar-refractivity contribution in [1.82, 2.24) is 14.2 Å². The van der Waals surface area contributed by atoms with E-state index in [0.29, 0.717) is 12.4 Å². The summed E-state index contributed by atoms with van der Waals surface area (Å²) in [5, 5.41) is 3.21. The number of sulfonamides is 1. The van der Waals surface area contributed by atoms with Crippen molar-refractivity contribution in [3.8, 4) is 0 Å². The molecule has 1 aromatic heterocycles. The standard InChI is InChI=1S/C21H31FN4O2S/c1-15(2)26(16(3)4)29(27,28)19-10-11-21(23-13-19)24-14-20(25(5)6)17-8-7-9-18(22)12-17/h7-13,15-16,20H,14H2,1-6H3,(H,23,24). The summed E-state index contributed by atoms with van der Waals surface area (Å²) < 4.78 is 40.9. The van der Waals surface area contributed by atoms with Crippen LogP contribution in [0.5, 0.6) is 0 Å². The molecule has 0 bridgehead atoms. The molecule has 0 spiro atoms. The smallest absolute Gasteiger partial charge is 0.245 e. The van der Waals surface area contributed by atoms with Crippen LogP contribution in [0.4, 0.5) is 10.2 Å². The van der Waals surface area contributed by atoms with Crippen LogP contribution in [0.15, 0.2) is 47.5 Å². The molecule has 0 radical (unpaired) electrons. The number of anilines is 1. The molecule has 1 atom stereocenters. The maximum Gasteiger partial charge on any atom is 0.245 e. The fourth-order valence-corrected chi connectivity index (χ4v) is 5.20. The van der Waals surface area contributed by atoms with Crippen LogP contribution in [-0.2, 0) is 10.0 Å². The predicted octanol–water partition coefficient (Wildman–Crippen LogP) is 3.74. The molecule has 1 heterocycles. The van der Waals surface area contributed by atoms with E-state index in [1.54, 1.807) is 18.2 Å². The molecule has 0 aliphatic rings. The Hall–Kier alpha value is -2.03. The Morgan fingerprint density at radius 1 is 1.07 bits per heavy atom. The number of halogens is 1. The summed E-state index contributed by atoms with van der Waals surface area (Å²) in [4.78, 5) is 6.44. The van der Waals surface area contributed by atoms with Crippen molar-refractivity contribution in [1.29, 1.82) is 0 Å². The zero-order valence-electron chi connectivity index (χ0n) is 17.9. The van der Waals surface area contributed by atoms with Gasteiger partial charge in [-0.25, -0.2) is 17.8 Å². The molecular weight excluding hydrogens is 391 g/mol. The number of nitrogens with one attached hydrogen (secondary N) is 1. The summed E-state index contributed by atoms with van der Waals surface area (Å²) in [5.74, 6) is 0.287. The molecule has 1 aromatic carbocycles. The molecule has 1 N–H and O–H groups in total. The van der Waals surface area contributed by atoms with Gasteiger partial charge in [-0.3, -0.25) is 0 Å². The number of hydrogen-bond donors (Lipinski definition) is 1. The lowest BCUT2D eigenvalue weighted by molar-refractivity contribution is 0.302. The van der Waals surface area contributed by atoms with Gasteiger partial charge in [-0.15, -0.1) is 0 Å². The Morgan fingerprint density at radius 3 is 2.21 bits per heavy atom. The first kappa shape index (κ1) is 23.3. The second kappa shape index (κ2) is 9.65. The van der Waals surface area contributed by atoms with Gasteiger partial charge >= 0.3 is 0 Å². The number of rotatable bonds is 9. The number of likely N-dealkylation sites (N-methyl/N-ethyl adjacent to an activating group) is 1. The minimum absolute atomic E-state index is 0.0618. The van der Waals surface area contributed by atoms with E-state index in [1.165, 1.54) is 22.6 Å². The van der Waals surface area contributed by atoms with E-state index in [9.17, 15) is 12.8 Å². The summed E-state index contributed by atoms with van der Waals surface area (Å²) in [6.07, 6.45) is 1.38. The van der Waals surface area contributed by atoms with Crippen LogP contribution < -0.4 is 5.32 Å². The largest absolute Gasteiger partial charge is 0.368 e. The van der Waals surface area contributed by atoms with E-state index >= 15 is 0 Å². The lowest BCUT2D eigenvalue weighted by Crippen LogP contribution is -2.41. The third-order valence-corrected chi connectivity index (χ3v) is 6.90. The van der Waals surface area contributed by atoms with Crippen molar-refractivity contribution in [3.05, 3.63) is 54.0 Å². The number of pyridine rings is 1. The van der Waals surface area contributed by atoms with Gasteiger partial charge in [0.05, 0.1) is 6.04 Å². The van der Waals surface area contributed by atoms with Crippen molar-refractivity contribution in [3.63, 3.8) is 0 Å². The van der Waals surface area contributed by atoms with Gasteiger partial charge in [0.15, 0.2) is 0 Å². The van der Waals surface area contributed by atoms with Crippen LogP contribution in [0.3, 0.4) is 0 Å². The topological polar surface area (TPSA) is 65.5 Å². The van der Waals surface area contributed by atoms with Crippen molar-refractivity contribution >= 4 is 15.8 Å². The molecule has 0 fully saturated rings. The lowest BCUT2D eigenvalue weighted by atomic mass is 10.1. The second-order valence-corrected chi connectivity index (χ2v) is 9.66. The van der Waals surface area contributed by atoms with Gasteiger partial charge in [-0.05, 0) is 71.6 Å². The summed E-state index contributed by atoms with van der Waals surface area (Å²) in [6, 6.07) is 9.37. The first-order valence-corrected chi connectivity index (χ1v) is 11.1. The normalized spacial score (nSPS) is 13.5. The molecule has 0 aliphatic heterocycles. The SMILES string of the molecule is CC(C)N(C(C)C)S(=O)(=O)c1ccc(NCC(c2cccc(F)c2)N(C)C)nc1. The van der Waals surface area contributed by atoms with Gasteiger partial charge in [0.1, 0.15) is 16.5 Å². The molecule has 2 aromatic rings. The molecule has 2 rings (SSSR count). The molecule has 6 nitrogen and oxygen atoms in total. The van der Waals surface area contributed by atoms with Crippen LogP contribution in [0.25, 0.3) is 0 Å². The quantitative estimate of drug-likeness (QED) is 0.667. The average molecular weight is 423 g/mol. The highest BCUT2D eigenvalue weighted by Crippen LogP contribution is 2.23. The zero-order chi connectivity index (χ0) is 21.8. The van der Waals surface area contributed by atoms with Crippen molar-refractivity contribution in [2.24, 2.45) is 0 Å². The van der Waals surface area contributed by atoms with E-state index < -0.39 is 10.0 Å². The van der Waals surface area contributed by atoms with E-state index in [2.05, 4.69) is 10.3 Å². The molecule has 1 unspecified atom stereocenters. The highest BCUT2D eigenvalue weighted by molar-refractivity contribution is 7.89. The van der Waals surface area contributed by atoms with E-state index in [4.69, 9.17) is 0 Å². The van der Waals surface area contributed by atoms with E-state index in [-0.39, 0.29) is 28.8 Å². The van der Waals surface area contributed by atoms with Gasteiger partial charge in [0.2, 0.25) is 10.0 Å². The van der Waals surface area contributed by atoms with Gasteiger partial charge < -0.3 is 10.2 Å². The van der Waals surface area contributed by atoms with E-state index in [1.807, 2.05) is 52.8 Å². The Bertz CT molecular complexity index is 891. The number of nitrogens with zero attached hydrogens (tertiary/aromatic N) is 3. The molecule has 0 saturated carbocycles. The molecular formula is C21H31FN4O2S. The third kappa shape index (κ3) is 5.74. The molecule has 8 heteroatoms. The highest BCUT2D eigenvalue weighted by Gasteiger charge is 2.29. The lowest BCUT2D eigenvalue weighted by Gasteiger charge is -2.29. The summed E-state index contributed by atoms with van der Waals surface area (Å²) in [6.45, 7) is 7.92. The Balaban J connectivity index is 2.16. The summed E-state index contributed by atoms with van der Waals surface area (Å²) in [5.41, 5.74) is 0.853. The number of benzene rings is 1. The van der Waals surface area contributed by atoms with Crippen LogP contribution >= 0.6 is 0 Å². The van der Waals surface area contributed by atoms with Crippen molar-refractivity contribution < 1.29 is 12.8 Å². The maximum absolute atomic E-state index is 13.6.